The number of amides is 1. The normalized spacial score (nSPS) is 11.4. The Morgan fingerprint density at radius 1 is 1.20 bits per heavy atom. The molecule has 3 N–H and O–H groups in total. The van der Waals surface area contributed by atoms with Crippen LogP contribution in [-0.4, -0.2) is 22.5 Å². The molecule has 0 aliphatic rings. The van der Waals surface area contributed by atoms with E-state index in [1.807, 2.05) is 0 Å². The Balaban J connectivity index is 2.16. The van der Waals surface area contributed by atoms with Gasteiger partial charge < -0.3 is 15.7 Å². The predicted molar refractivity (Wildman–Crippen MR) is 107 cm³/mol. The molecule has 0 unspecified atom stereocenters. The Morgan fingerprint density at radius 2 is 1.93 bits per heavy atom. The van der Waals surface area contributed by atoms with Gasteiger partial charge in [0.15, 0.2) is 0 Å². The van der Waals surface area contributed by atoms with Gasteiger partial charge in [0.1, 0.15) is 11.6 Å². The van der Waals surface area contributed by atoms with Crippen LogP contribution in [0.2, 0.25) is 0 Å². The third-order valence-electron chi connectivity index (χ3n) is 3.87. The molecule has 30 heavy (non-hydrogen) atoms. The summed E-state index contributed by atoms with van der Waals surface area (Å²) >= 11 is 0. The summed E-state index contributed by atoms with van der Waals surface area (Å²) in [4.78, 5) is 16.7. The number of pyridine rings is 1. The van der Waals surface area contributed by atoms with E-state index in [2.05, 4.69) is 28.8 Å². The first-order valence-electron chi connectivity index (χ1n) is 8.63. The van der Waals surface area contributed by atoms with Gasteiger partial charge in [0.2, 0.25) is 0 Å². The van der Waals surface area contributed by atoms with Gasteiger partial charge in [-0.2, -0.15) is 13.2 Å². The number of alkyl halides is 3. The lowest BCUT2D eigenvalue weighted by Crippen LogP contribution is -2.17. The zero-order chi connectivity index (χ0) is 22.3. The lowest BCUT2D eigenvalue weighted by atomic mass is 10.1. The second-order valence-electron chi connectivity index (χ2n) is 6.17. The number of anilines is 2. The Hall–Kier alpha value is -3.46. The number of aliphatic hydroxyl groups excluding tert-OH is 1. The van der Waals surface area contributed by atoms with Crippen LogP contribution in [0.15, 0.2) is 73.2 Å². The average Bonchev–Trinajstić information content (AvgIpc) is 2.69. The van der Waals surface area contributed by atoms with Gasteiger partial charge in [-0.25, -0.2) is 9.37 Å². The molecule has 0 spiro atoms. The van der Waals surface area contributed by atoms with Crippen molar-refractivity contribution < 1.29 is 27.5 Å². The van der Waals surface area contributed by atoms with Crippen molar-refractivity contribution in [1.29, 1.82) is 0 Å². The molecule has 0 aliphatic carbocycles. The number of aliphatic hydroxyl groups is 1. The SMILES string of the molecule is C=C(F)/C=C\C(=C)CNc1ncccc1C(=O)Nc1ccc(C(F)(F)F)c(CO)c1. The predicted octanol–water partition coefficient (Wildman–Crippen LogP) is 4.85. The van der Waals surface area contributed by atoms with Crippen molar-refractivity contribution >= 4 is 17.4 Å². The molecule has 2 aromatic rings. The monoisotopic (exact) mass is 421 g/mol. The van der Waals surface area contributed by atoms with Crippen molar-refractivity contribution in [2.45, 2.75) is 12.8 Å². The minimum Gasteiger partial charge on any atom is -0.392 e. The summed E-state index contributed by atoms with van der Waals surface area (Å²) in [5.41, 5.74) is -0.618. The molecule has 1 aromatic carbocycles. The third-order valence-corrected chi connectivity index (χ3v) is 3.87. The highest BCUT2D eigenvalue weighted by molar-refractivity contribution is 6.07. The average molecular weight is 421 g/mol. The first-order chi connectivity index (χ1) is 14.1. The van der Waals surface area contributed by atoms with Crippen LogP contribution >= 0.6 is 0 Å². The molecular weight excluding hydrogens is 402 g/mol. The minimum absolute atomic E-state index is 0.0839. The van der Waals surface area contributed by atoms with Crippen LogP contribution in [0.25, 0.3) is 0 Å². The van der Waals surface area contributed by atoms with Crippen LogP contribution in [0.1, 0.15) is 21.5 Å². The first kappa shape index (κ1) is 22.8. The molecule has 1 heterocycles. The van der Waals surface area contributed by atoms with E-state index >= 15 is 0 Å². The standard InChI is InChI=1S/C21H19F4N3O2/c1-13(5-6-14(2)22)11-27-19-17(4-3-9-26-19)20(30)28-16-7-8-18(21(23,24)25)15(10-16)12-29/h3-10,29H,1-2,11-12H2,(H,26,27)(H,28,30)/b6-5-. The molecule has 0 radical (unpaired) electrons. The Bertz CT molecular complexity index is 984. The lowest BCUT2D eigenvalue weighted by molar-refractivity contribution is -0.138. The molecule has 9 heteroatoms. The third kappa shape index (κ3) is 6.28. The lowest BCUT2D eigenvalue weighted by Gasteiger charge is -2.14. The van der Waals surface area contributed by atoms with Gasteiger partial charge in [0, 0.05) is 18.4 Å². The van der Waals surface area contributed by atoms with E-state index in [9.17, 15) is 27.5 Å². The molecule has 0 fully saturated rings. The topological polar surface area (TPSA) is 74.2 Å². The molecule has 158 valence electrons. The summed E-state index contributed by atoms with van der Waals surface area (Å²) in [5, 5.41) is 14.6. The Morgan fingerprint density at radius 3 is 2.57 bits per heavy atom. The van der Waals surface area contributed by atoms with Crippen LogP contribution < -0.4 is 10.6 Å². The summed E-state index contributed by atoms with van der Waals surface area (Å²) in [5.74, 6) is -1.04. The number of hydrogen-bond acceptors (Lipinski definition) is 4. The molecule has 0 saturated heterocycles. The van der Waals surface area contributed by atoms with Crippen molar-refractivity contribution in [2.24, 2.45) is 0 Å². The number of nitrogens with one attached hydrogen (secondary N) is 2. The highest BCUT2D eigenvalue weighted by Crippen LogP contribution is 2.33. The van der Waals surface area contributed by atoms with Crippen molar-refractivity contribution in [1.82, 2.24) is 4.98 Å². The maximum Gasteiger partial charge on any atom is 0.416 e. The van der Waals surface area contributed by atoms with E-state index in [1.165, 1.54) is 24.4 Å². The maximum atomic E-state index is 12.9. The molecule has 1 amide bonds. The van der Waals surface area contributed by atoms with Crippen molar-refractivity contribution in [3.63, 3.8) is 0 Å². The van der Waals surface area contributed by atoms with Gasteiger partial charge in [0.05, 0.1) is 17.7 Å². The van der Waals surface area contributed by atoms with Crippen LogP contribution in [0.4, 0.5) is 29.1 Å². The van der Waals surface area contributed by atoms with Crippen LogP contribution in [0.5, 0.6) is 0 Å². The van der Waals surface area contributed by atoms with Crippen molar-refractivity contribution in [3.05, 3.63) is 89.9 Å². The molecule has 0 saturated carbocycles. The molecular formula is C21H19F4N3O2. The molecule has 2 rings (SSSR count). The second-order valence-corrected chi connectivity index (χ2v) is 6.17. The molecule has 0 aliphatic heterocycles. The van der Waals surface area contributed by atoms with Gasteiger partial charge in [-0.3, -0.25) is 4.79 Å². The summed E-state index contributed by atoms with van der Waals surface area (Å²) in [6, 6.07) is 5.94. The number of carbonyl (C=O) groups excluding carboxylic acids is 1. The van der Waals surface area contributed by atoms with Gasteiger partial charge >= 0.3 is 6.18 Å². The number of benzene rings is 1. The number of hydrogen-bond donors (Lipinski definition) is 3. The van der Waals surface area contributed by atoms with Crippen molar-refractivity contribution in [2.75, 3.05) is 17.2 Å². The zero-order valence-corrected chi connectivity index (χ0v) is 15.8. The van der Waals surface area contributed by atoms with Gasteiger partial charge in [-0.15, -0.1) is 0 Å². The van der Waals surface area contributed by atoms with E-state index in [0.717, 1.165) is 24.3 Å². The van der Waals surface area contributed by atoms with E-state index in [-0.39, 0.29) is 29.2 Å². The number of allylic oxidation sites excluding steroid dienone is 2. The fourth-order valence-corrected chi connectivity index (χ4v) is 2.47. The second kappa shape index (κ2) is 9.84. The van der Waals surface area contributed by atoms with Crippen molar-refractivity contribution in [3.8, 4) is 0 Å². The van der Waals surface area contributed by atoms with Crippen LogP contribution in [-0.2, 0) is 12.8 Å². The van der Waals surface area contributed by atoms with Crippen LogP contribution in [0, 0.1) is 0 Å². The Labute approximate surface area is 170 Å². The highest BCUT2D eigenvalue weighted by atomic mass is 19.4. The molecule has 0 bridgehead atoms. The number of aromatic nitrogens is 1. The fraction of sp³-hybridized carbons (Fsp3) is 0.143. The summed E-state index contributed by atoms with van der Waals surface area (Å²) < 4.78 is 51.5. The summed E-state index contributed by atoms with van der Waals surface area (Å²) in [7, 11) is 0. The van der Waals surface area contributed by atoms with Gasteiger partial charge in [-0.05, 0) is 47.5 Å². The number of halogens is 4. The van der Waals surface area contributed by atoms with E-state index in [4.69, 9.17) is 0 Å². The quantitative estimate of drug-likeness (QED) is 0.421. The number of rotatable bonds is 8. The fourth-order valence-electron chi connectivity index (χ4n) is 2.47. The highest BCUT2D eigenvalue weighted by Gasteiger charge is 2.33. The van der Waals surface area contributed by atoms with E-state index < -0.39 is 30.1 Å². The first-order valence-corrected chi connectivity index (χ1v) is 8.63. The number of nitrogens with zero attached hydrogens (tertiary/aromatic N) is 1. The number of carbonyl (C=O) groups is 1. The van der Waals surface area contributed by atoms with Gasteiger partial charge in [0.25, 0.3) is 5.91 Å². The largest absolute Gasteiger partial charge is 0.416 e. The smallest absolute Gasteiger partial charge is 0.392 e. The van der Waals surface area contributed by atoms with E-state index in [1.54, 1.807) is 0 Å². The van der Waals surface area contributed by atoms with E-state index in [0.29, 0.717) is 5.57 Å². The molecule has 0 atom stereocenters. The summed E-state index contributed by atoms with van der Waals surface area (Å²) in [6.45, 7) is 6.15. The summed E-state index contributed by atoms with van der Waals surface area (Å²) in [6.07, 6.45) is -0.619. The molecule has 5 nitrogen and oxygen atoms in total. The minimum atomic E-state index is -4.62. The Kier molecular flexibility index (Phi) is 7.48. The molecule has 1 aromatic heterocycles. The van der Waals surface area contributed by atoms with Crippen LogP contribution in [0.3, 0.4) is 0 Å². The van der Waals surface area contributed by atoms with Gasteiger partial charge in [-0.1, -0.05) is 19.2 Å². The maximum absolute atomic E-state index is 12.9. The zero-order valence-electron chi connectivity index (χ0n) is 15.8.